The van der Waals surface area contributed by atoms with Gasteiger partial charge >= 0.3 is 8.60 Å². The molecule has 0 aliphatic heterocycles. The first kappa shape index (κ1) is 28.6. The van der Waals surface area contributed by atoms with E-state index in [-0.39, 0.29) is 0 Å². The highest BCUT2D eigenvalue weighted by atomic mass is 31.2. The summed E-state index contributed by atoms with van der Waals surface area (Å²) < 4.78 is 5.06. The van der Waals surface area contributed by atoms with Crippen molar-refractivity contribution >= 4 is 8.60 Å². The summed E-state index contributed by atoms with van der Waals surface area (Å²) in [6, 6.07) is 6.99. The predicted molar refractivity (Wildman–Crippen MR) is 136 cm³/mol. The van der Waals surface area contributed by atoms with Gasteiger partial charge in [0.2, 0.25) is 0 Å². The maximum Gasteiger partial charge on any atom is 0.327 e. The van der Waals surface area contributed by atoms with Crippen LogP contribution in [0.1, 0.15) is 133 Å². The Balaban J connectivity index is 2.84. The Kier molecular flexibility index (Phi) is 17.5. The lowest BCUT2D eigenvalue weighted by molar-refractivity contribution is 0.246. The van der Waals surface area contributed by atoms with Crippen LogP contribution in [0.4, 0.5) is 0 Å². The maximum absolute atomic E-state index is 9.05. The van der Waals surface area contributed by atoms with Crippen molar-refractivity contribution in [3.8, 4) is 0 Å². The average Bonchev–Trinajstić information content (AvgIpc) is 2.77. The Morgan fingerprint density at radius 2 is 1.35 bits per heavy atom. The van der Waals surface area contributed by atoms with Crippen molar-refractivity contribution in [2.24, 2.45) is 0 Å². The van der Waals surface area contributed by atoms with Crippen LogP contribution >= 0.6 is 8.60 Å². The Morgan fingerprint density at radius 3 is 2.03 bits per heavy atom. The third-order valence-corrected chi connectivity index (χ3v) is 6.80. The van der Waals surface area contributed by atoms with Gasteiger partial charge in [-0.15, -0.1) is 0 Å². The van der Waals surface area contributed by atoms with E-state index in [2.05, 4.69) is 39.0 Å². The normalized spacial score (nSPS) is 12.6. The van der Waals surface area contributed by atoms with Crippen molar-refractivity contribution in [1.82, 2.24) is 0 Å². The largest absolute Gasteiger partial charge is 0.328 e. The quantitative estimate of drug-likeness (QED) is 0.154. The lowest BCUT2D eigenvalue weighted by atomic mass is 9.82. The van der Waals surface area contributed by atoms with E-state index < -0.39 is 8.60 Å². The van der Waals surface area contributed by atoms with Crippen LogP contribution in [0.3, 0.4) is 0 Å². The molecule has 0 spiro atoms. The molecule has 1 rings (SSSR count). The van der Waals surface area contributed by atoms with Gasteiger partial charge in [-0.2, -0.15) is 0 Å². The zero-order valence-corrected chi connectivity index (χ0v) is 21.5. The Morgan fingerprint density at radius 1 is 0.742 bits per heavy atom. The summed E-state index contributed by atoms with van der Waals surface area (Å²) in [5.41, 5.74) is 4.73. The van der Waals surface area contributed by atoms with E-state index >= 15 is 0 Å². The number of aryl methyl sites for hydroxylation is 1. The monoisotopic (exact) mass is 452 g/mol. The topological polar surface area (TPSA) is 49.7 Å². The predicted octanol–water partition coefficient (Wildman–Crippen LogP) is 8.60. The van der Waals surface area contributed by atoms with Gasteiger partial charge in [0.25, 0.3) is 0 Å². The van der Waals surface area contributed by atoms with Gasteiger partial charge in [-0.1, -0.05) is 96.8 Å². The molecule has 180 valence electrons. The fourth-order valence-electron chi connectivity index (χ4n) is 4.58. The van der Waals surface area contributed by atoms with Gasteiger partial charge in [-0.25, -0.2) is 0 Å². The molecule has 0 heterocycles. The highest BCUT2D eigenvalue weighted by Gasteiger charge is 2.18. The van der Waals surface area contributed by atoms with Crippen LogP contribution in [0.25, 0.3) is 0 Å². The van der Waals surface area contributed by atoms with Crippen LogP contribution in [-0.2, 0) is 17.4 Å². The first-order valence-electron chi connectivity index (χ1n) is 13.0. The molecule has 0 aliphatic rings. The molecule has 3 nitrogen and oxygen atoms in total. The van der Waals surface area contributed by atoms with Crippen LogP contribution < -0.4 is 0 Å². The lowest BCUT2D eigenvalue weighted by Gasteiger charge is -2.23. The van der Waals surface area contributed by atoms with E-state index in [1.807, 2.05) is 0 Å². The van der Waals surface area contributed by atoms with Gasteiger partial charge in [0, 0.05) is 0 Å². The maximum atomic E-state index is 9.05. The molecule has 0 fully saturated rings. The Hall–Kier alpha value is -0.470. The first-order valence-corrected chi connectivity index (χ1v) is 14.2. The fourth-order valence-corrected chi connectivity index (χ4v) is 4.87. The molecule has 0 saturated heterocycles. The van der Waals surface area contributed by atoms with Crippen LogP contribution in [0.15, 0.2) is 18.2 Å². The molecule has 2 N–H and O–H groups in total. The van der Waals surface area contributed by atoms with Gasteiger partial charge in [0.05, 0.1) is 6.61 Å². The highest BCUT2D eigenvalue weighted by Crippen LogP contribution is 2.34. The van der Waals surface area contributed by atoms with Crippen molar-refractivity contribution in [1.29, 1.82) is 0 Å². The summed E-state index contributed by atoms with van der Waals surface area (Å²) in [6.07, 6.45) is 19.9. The summed E-state index contributed by atoms with van der Waals surface area (Å²) in [6.45, 7) is 7.27. The van der Waals surface area contributed by atoms with E-state index in [0.29, 0.717) is 12.5 Å². The molecule has 0 amide bonds. The third-order valence-electron chi connectivity index (χ3n) is 6.39. The zero-order valence-electron chi connectivity index (χ0n) is 20.6. The summed E-state index contributed by atoms with van der Waals surface area (Å²) in [4.78, 5) is 18.1. The van der Waals surface area contributed by atoms with Crippen molar-refractivity contribution in [2.75, 3.05) is 6.61 Å². The summed E-state index contributed by atoms with van der Waals surface area (Å²) >= 11 is 0. The van der Waals surface area contributed by atoms with Gasteiger partial charge in [0.1, 0.15) is 0 Å². The molecule has 0 saturated carbocycles. The van der Waals surface area contributed by atoms with Crippen LogP contribution in [0, 0.1) is 0 Å². The van der Waals surface area contributed by atoms with Crippen LogP contribution in [-0.4, -0.2) is 16.4 Å². The lowest BCUT2D eigenvalue weighted by Crippen LogP contribution is -2.08. The van der Waals surface area contributed by atoms with E-state index in [0.717, 1.165) is 12.8 Å². The standard InChI is InChI=1S/C27H49O3P/c1-4-7-10-11-12-13-14-18-25(20-16-23-30-31(28)29)27-22-15-19-24(17-8-5-2)26(27)21-9-6-3/h15,19,22,25,28-29H,4-14,16-18,20-21,23H2,1-3H3. The molecule has 0 radical (unpaired) electrons. The van der Waals surface area contributed by atoms with E-state index in [9.17, 15) is 0 Å². The average molecular weight is 453 g/mol. The zero-order chi connectivity index (χ0) is 22.7. The minimum atomic E-state index is -2.23. The smallest absolute Gasteiger partial charge is 0.327 e. The summed E-state index contributed by atoms with van der Waals surface area (Å²) in [5, 5.41) is 0. The summed E-state index contributed by atoms with van der Waals surface area (Å²) in [5.74, 6) is 0.552. The Labute approximate surface area is 194 Å². The molecule has 0 aromatic heterocycles. The number of hydrogen-bond donors (Lipinski definition) is 2. The van der Waals surface area contributed by atoms with Crippen molar-refractivity contribution in [2.45, 2.75) is 129 Å². The minimum absolute atomic E-state index is 0.437. The van der Waals surface area contributed by atoms with Crippen molar-refractivity contribution in [3.05, 3.63) is 34.9 Å². The molecule has 1 aromatic rings. The van der Waals surface area contributed by atoms with Gasteiger partial charge in [0.15, 0.2) is 0 Å². The second-order valence-electron chi connectivity index (χ2n) is 9.03. The number of rotatable bonds is 20. The molecule has 1 atom stereocenters. The number of unbranched alkanes of at least 4 members (excludes halogenated alkanes) is 8. The molecule has 31 heavy (non-hydrogen) atoms. The fraction of sp³-hybridized carbons (Fsp3) is 0.778. The number of hydrogen-bond acceptors (Lipinski definition) is 3. The van der Waals surface area contributed by atoms with Crippen molar-refractivity contribution in [3.63, 3.8) is 0 Å². The molecule has 1 aromatic carbocycles. The third kappa shape index (κ3) is 13.0. The molecular formula is C27H49O3P. The van der Waals surface area contributed by atoms with Crippen molar-refractivity contribution < 1.29 is 14.3 Å². The SMILES string of the molecule is CCCCCCCCCC(CCCOP(O)O)c1cccc(CCCC)c1CCCC. The second-order valence-corrected chi connectivity index (χ2v) is 9.79. The van der Waals surface area contributed by atoms with Gasteiger partial charge in [-0.05, 0) is 67.6 Å². The second kappa shape index (κ2) is 19.0. The molecule has 0 aliphatic carbocycles. The first-order chi connectivity index (χ1) is 15.1. The molecule has 0 bridgehead atoms. The van der Waals surface area contributed by atoms with Gasteiger partial charge in [-0.3, -0.25) is 0 Å². The van der Waals surface area contributed by atoms with E-state index in [1.54, 1.807) is 16.7 Å². The Bertz CT molecular complexity index is 547. The summed E-state index contributed by atoms with van der Waals surface area (Å²) in [7, 11) is -2.23. The molecule has 1 unspecified atom stereocenters. The van der Waals surface area contributed by atoms with Gasteiger partial charge < -0.3 is 14.3 Å². The minimum Gasteiger partial charge on any atom is -0.328 e. The van der Waals surface area contributed by atoms with Crippen LogP contribution in [0.2, 0.25) is 0 Å². The van der Waals surface area contributed by atoms with E-state index in [4.69, 9.17) is 14.3 Å². The van der Waals surface area contributed by atoms with E-state index in [1.165, 1.54) is 89.9 Å². The number of benzene rings is 1. The highest BCUT2D eigenvalue weighted by molar-refractivity contribution is 7.39. The molecular weight excluding hydrogens is 403 g/mol. The van der Waals surface area contributed by atoms with Crippen LogP contribution in [0.5, 0.6) is 0 Å². The molecule has 4 heteroatoms.